The minimum atomic E-state index is -0.0817. The van der Waals surface area contributed by atoms with Gasteiger partial charge in [-0.05, 0) is 38.2 Å². The fraction of sp³-hybridized carbons (Fsp3) is 0.538. The van der Waals surface area contributed by atoms with Crippen LogP contribution in [0.15, 0.2) is 24.4 Å². The average molecular weight is 217 g/mol. The van der Waals surface area contributed by atoms with Crippen molar-refractivity contribution in [2.45, 2.75) is 26.2 Å². The maximum atomic E-state index is 9.13. The number of hydrogen-bond acceptors (Lipinski definition) is 3. The van der Waals surface area contributed by atoms with Crippen LogP contribution in [0.1, 0.15) is 31.9 Å². The summed E-state index contributed by atoms with van der Waals surface area (Å²) in [5, 5.41) is 9.13. The van der Waals surface area contributed by atoms with Gasteiger partial charge in [-0.15, -0.1) is 0 Å². The Kier molecular flexibility index (Phi) is 5.52. The van der Waals surface area contributed by atoms with E-state index in [1.54, 1.807) is 6.20 Å². The molecule has 1 unspecified atom stereocenters. The number of rotatable bonds is 6. The molecule has 16 heavy (non-hydrogen) atoms. The van der Waals surface area contributed by atoms with Gasteiger partial charge < -0.3 is 4.90 Å². The first kappa shape index (κ1) is 12.7. The molecule has 1 atom stereocenters. The highest BCUT2D eigenvalue weighted by Gasteiger charge is 2.12. The zero-order valence-corrected chi connectivity index (χ0v) is 10.1. The number of aromatic nitrogens is 1. The van der Waals surface area contributed by atoms with Gasteiger partial charge in [0, 0.05) is 6.20 Å². The average Bonchev–Trinajstić information content (AvgIpc) is 2.36. The van der Waals surface area contributed by atoms with Crippen LogP contribution in [0.4, 0.5) is 0 Å². The zero-order valence-electron chi connectivity index (χ0n) is 10.1. The first-order valence-corrected chi connectivity index (χ1v) is 5.84. The maximum absolute atomic E-state index is 9.13. The van der Waals surface area contributed by atoms with Crippen molar-refractivity contribution in [3.8, 4) is 6.07 Å². The summed E-state index contributed by atoms with van der Waals surface area (Å²) in [6.45, 7) is 7.33. The van der Waals surface area contributed by atoms with Crippen molar-refractivity contribution in [2.75, 3.05) is 19.6 Å². The van der Waals surface area contributed by atoms with E-state index in [4.69, 9.17) is 5.26 Å². The molecule has 0 spiro atoms. The van der Waals surface area contributed by atoms with Gasteiger partial charge in [-0.1, -0.05) is 19.9 Å². The van der Waals surface area contributed by atoms with Crippen LogP contribution in [-0.2, 0) is 0 Å². The van der Waals surface area contributed by atoms with E-state index in [2.05, 4.69) is 29.8 Å². The molecule has 0 amide bonds. The molecule has 0 fully saturated rings. The molecular formula is C13H19N3. The van der Waals surface area contributed by atoms with E-state index in [-0.39, 0.29) is 5.92 Å². The number of nitriles is 1. The van der Waals surface area contributed by atoms with Crippen LogP contribution >= 0.6 is 0 Å². The highest BCUT2D eigenvalue weighted by Crippen LogP contribution is 2.16. The van der Waals surface area contributed by atoms with Gasteiger partial charge in [0.15, 0.2) is 0 Å². The van der Waals surface area contributed by atoms with Crippen molar-refractivity contribution in [1.29, 1.82) is 5.26 Å². The van der Waals surface area contributed by atoms with E-state index in [9.17, 15) is 0 Å². The molecule has 1 heterocycles. The maximum Gasteiger partial charge on any atom is 0.0896 e. The summed E-state index contributed by atoms with van der Waals surface area (Å²) in [4.78, 5) is 6.57. The second-order valence-corrected chi connectivity index (χ2v) is 3.75. The summed E-state index contributed by atoms with van der Waals surface area (Å²) in [6, 6.07) is 8.07. The second-order valence-electron chi connectivity index (χ2n) is 3.75. The van der Waals surface area contributed by atoms with E-state index in [1.165, 1.54) is 0 Å². The van der Waals surface area contributed by atoms with E-state index in [1.807, 2.05) is 18.2 Å². The first-order chi connectivity index (χ1) is 7.81. The topological polar surface area (TPSA) is 39.9 Å². The SMILES string of the molecule is CCN(CC)CCC(C#N)c1ccccn1. The fourth-order valence-corrected chi connectivity index (χ4v) is 1.71. The lowest BCUT2D eigenvalue weighted by atomic mass is 10.0. The van der Waals surface area contributed by atoms with Crippen molar-refractivity contribution in [2.24, 2.45) is 0 Å². The third-order valence-corrected chi connectivity index (χ3v) is 2.83. The molecule has 0 saturated carbocycles. The quantitative estimate of drug-likeness (QED) is 0.734. The zero-order chi connectivity index (χ0) is 11.8. The lowest BCUT2D eigenvalue weighted by Gasteiger charge is -2.19. The van der Waals surface area contributed by atoms with Gasteiger partial charge in [-0.2, -0.15) is 5.26 Å². The Balaban J connectivity index is 2.54. The van der Waals surface area contributed by atoms with E-state index >= 15 is 0 Å². The van der Waals surface area contributed by atoms with Gasteiger partial charge in [-0.3, -0.25) is 4.98 Å². The van der Waals surface area contributed by atoms with Crippen LogP contribution in [0, 0.1) is 11.3 Å². The molecule has 0 aromatic carbocycles. The van der Waals surface area contributed by atoms with Gasteiger partial charge >= 0.3 is 0 Å². The lowest BCUT2D eigenvalue weighted by molar-refractivity contribution is 0.296. The Morgan fingerprint density at radius 1 is 1.38 bits per heavy atom. The van der Waals surface area contributed by atoms with Crippen LogP contribution in [0.5, 0.6) is 0 Å². The van der Waals surface area contributed by atoms with E-state index < -0.39 is 0 Å². The molecule has 0 aliphatic carbocycles. The second kappa shape index (κ2) is 6.97. The molecule has 86 valence electrons. The van der Waals surface area contributed by atoms with Gasteiger partial charge in [0.25, 0.3) is 0 Å². The number of pyridine rings is 1. The molecule has 0 radical (unpaired) electrons. The molecule has 1 aromatic rings. The Labute approximate surface area is 97.7 Å². The number of nitrogens with zero attached hydrogens (tertiary/aromatic N) is 3. The van der Waals surface area contributed by atoms with Crippen LogP contribution < -0.4 is 0 Å². The van der Waals surface area contributed by atoms with Crippen molar-refractivity contribution in [3.63, 3.8) is 0 Å². The van der Waals surface area contributed by atoms with Crippen molar-refractivity contribution in [3.05, 3.63) is 30.1 Å². The van der Waals surface area contributed by atoms with Crippen LogP contribution in [0.3, 0.4) is 0 Å². The molecule has 0 aliphatic rings. The standard InChI is InChI=1S/C13H19N3/c1-3-16(4-2)10-8-12(11-14)13-7-5-6-9-15-13/h5-7,9,12H,3-4,8,10H2,1-2H3. The predicted molar refractivity (Wildman–Crippen MR) is 65.0 cm³/mol. The third kappa shape index (κ3) is 3.63. The highest BCUT2D eigenvalue weighted by molar-refractivity contribution is 5.16. The normalized spacial score (nSPS) is 12.4. The van der Waals surface area contributed by atoms with E-state index in [0.717, 1.165) is 31.7 Å². The monoisotopic (exact) mass is 217 g/mol. The fourth-order valence-electron chi connectivity index (χ4n) is 1.71. The number of hydrogen-bond donors (Lipinski definition) is 0. The van der Waals surface area contributed by atoms with Gasteiger partial charge in [0.1, 0.15) is 0 Å². The van der Waals surface area contributed by atoms with Gasteiger partial charge in [-0.25, -0.2) is 0 Å². The molecule has 3 nitrogen and oxygen atoms in total. The first-order valence-electron chi connectivity index (χ1n) is 5.84. The summed E-state index contributed by atoms with van der Waals surface area (Å²) in [7, 11) is 0. The highest BCUT2D eigenvalue weighted by atomic mass is 15.1. The summed E-state index contributed by atoms with van der Waals surface area (Å²) in [6.07, 6.45) is 2.60. The van der Waals surface area contributed by atoms with E-state index in [0.29, 0.717) is 0 Å². The molecule has 3 heteroatoms. The van der Waals surface area contributed by atoms with Crippen molar-refractivity contribution in [1.82, 2.24) is 9.88 Å². The Bertz CT molecular complexity index is 325. The minimum Gasteiger partial charge on any atom is -0.304 e. The largest absolute Gasteiger partial charge is 0.304 e. The van der Waals surface area contributed by atoms with Crippen LogP contribution in [0.25, 0.3) is 0 Å². The molecule has 1 rings (SSSR count). The molecular weight excluding hydrogens is 198 g/mol. The third-order valence-electron chi connectivity index (χ3n) is 2.83. The molecule has 1 aromatic heterocycles. The van der Waals surface area contributed by atoms with Gasteiger partial charge in [0.05, 0.1) is 17.7 Å². The summed E-state index contributed by atoms with van der Waals surface area (Å²) < 4.78 is 0. The predicted octanol–water partition coefficient (Wildman–Crippen LogP) is 2.42. The van der Waals surface area contributed by atoms with Crippen molar-refractivity contribution < 1.29 is 0 Å². The summed E-state index contributed by atoms with van der Waals surface area (Å²) in [5.74, 6) is -0.0817. The Hall–Kier alpha value is -1.40. The molecule has 0 saturated heterocycles. The Morgan fingerprint density at radius 2 is 2.12 bits per heavy atom. The lowest BCUT2D eigenvalue weighted by Crippen LogP contribution is -2.25. The minimum absolute atomic E-state index is 0.0817. The summed E-state index contributed by atoms with van der Waals surface area (Å²) >= 11 is 0. The smallest absolute Gasteiger partial charge is 0.0896 e. The van der Waals surface area contributed by atoms with Gasteiger partial charge in [0.2, 0.25) is 0 Å². The molecule has 0 N–H and O–H groups in total. The molecule has 0 aliphatic heterocycles. The van der Waals surface area contributed by atoms with Crippen LogP contribution in [-0.4, -0.2) is 29.5 Å². The Morgan fingerprint density at radius 3 is 2.62 bits per heavy atom. The summed E-state index contributed by atoms with van der Waals surface area (Å²) in [5.41, 5.74) is 0.886. The van der Waals surface area contributed by atoms with Crippen molar-refractivity contribution >= 4 is 0 Å². The van der Waals surface area contributed by atoms with Crippen LogP contribution in [0.2, 0.25) is 0 Å². The molecule has 0 bridgehead atoms.